The zero-order valence-electron chi connectivity index (χ0n) is 13.3. The number of pyridine rings is 1. The first kappa shape index (κ1) is 15.3. The normalized spacial score (nSPS) is 11.8. The molecule has 120 valence electrons. The van der Waals surface area contributed by atoms with Gasteiger partial charge in [0.1, 0.15) is 5.82 Å². The van der Waals surface area contributed by atoms with Crippen LogP contribution in [0.25, 0.3) is 16.6 Å². The number of hydrogen-bond acceptors (Lipinski definition) is 5. The zero-order valence-corrected chi connectivity index (χ0v) is 13.3. The molecule has 0 aliphatic rings. The van der Waals surface area contributed by atoms with Gasteiger partial charge < -0.3 is 16.2 Å². The summed E-state index contributed by atoms with van der Waals surface area (Å²) in [4.78, 5) is 4.41. The van der Waals surface area contributed by atoms with Crippen molar-refractivity contribution in [3.63, 3.8) is 0 Å². The highest BCUT2D eigenvalue weighted by Crippen LogP contribution is 2.26. The molecule has 0 aliphatic heterocycles. The van der Waals surface area contributed by atoms with Gasteiger partial charge in [0.15, 0.2) is 0 Å². The minimum absolute atomic E-state index is 0.459. The molecule has 0 bridgehead atoms. The molecule has 4 N–H and O–H groups in total. The molecule has 3 rings (SSSR count). The van der Waals surface area contributed by atoms with Crippen LogP contribution < -0.4 is 11.1 Å². The van der Waals surface area contributed by atoms with Crippen LogP contribution in [0.5, 0.6) is 0 Å². The van der Waals surface area contributed by atoms with Crippen molar-refractivity contribution in [1.82, 2.24) is 14.8 Å². The Morgan fingerprint density at radius 1 is 1.30 bits per heavy atom. The largest absolute Gasteiger partial charge is 0.390 e. The summed E-state index contributed by atoms with van der Waals surface area (Å²) >= 11 is 0. The number of aromatic nitrogens is 3. The fourth-order valence-corrected chi connectivity index (χ4v) is 2.45. The monoisotopic (exact) mass is 311 g/mol. The van der Waals surface area contributed by atoms with E-state index in [1.54, 1.807) is 24.7 Å². The van der Waals surface area contributed by atoms with Gasteiger partial charge >= 0.3 is 0 Å². The fourth-order valence-electron chi connectivity index (χ4n) is 2.45. The molecule has 1 aromatic carbocycles. The second kappa shape index (κ2) is 5.89. The quantitative estimate of drug-likeness (QED) is 0.674. The van der Waals surface area contributed by atoms with Crippen molar-refractivity contribution in [2.24, 2.45) is 0 Å². The van der Waals surface area contributed by atoms with Crippen LogP contribution in [0.3, 0.4) is 0 Å². The smallest absolute Gasteiger partial charge is 0.126 e. The summed E-state index contributed by atoms with van der Waals surface area (Å²) in [5, 5.41) is 18.4. The van der Waals surface area contributed by atoms with Crippen LogP contribution in [0.4, 0.5) is 11.5 Å². The molecular weight excluding hydrogens is 290 g/mol. The lowest BCUT2D eigenvalue weighted by Crippen LogP contribution is -2.22. The molecule has 0 unspecified atom stereocenters. The Morgan fingerprint density at radius 3 is 2.83 bits per heavy atom. The van der Waals surface area contributed by atoms with E-state index in [0.717, 1.165) is 22.3 Å². The van der Waals surface area contributed by atoms with Crippen molar-refractivity contribution in [1.29, 1.82) is 0 Å². The molecule has 0 aliphatic carbocycles. The van der Waals surface area contributed by atoms with Crippen molar-refractivity contribution < 1.29 is 5.11 Å². The molecule has 3 aromatic rings. The Labute approximate surface area is 135 Å². The summed E-state index contributed by atoms with van der Waals surface area (Å²) in [7, 11) is 0. The second-order valence-corrected chi connectivity index (χ2v) is 6.24. The molecule has 2 aromatic heterocycles. The van der Waals surface area contributed by atoms with E-state index in [2.05, 4.69) is 15.4 Å². The molecule has 0 saturated heterocycles. The highest BCUT2D eigenvalue weighted by atomic mass is 16.3. The Kier molecular flexibility index (Phi) is 3.92. The SMILES string of the molecule is CC(C)(O)CCNc1cc(N)nc2cc(-n3cccn3)ccc12. The highest BCUT2D eigenvalue weighted by molar-refractivity contribution is 5.93. The maximum Gasteiger partial charge on any atom is 0.126 e. The summed E-state index contributed by atoms with van der Waals surface area (Å²) < 4.78 is 1.78. The van der Waals surface area contributed by atoms with E-state index in [4.69, 9.17) is 5.73 Å². The number of nitrogens with two attached hydrogens (primary N) is 1. The number of benzene rings is 1. The van der Waals surface area contributed by atoms with Gasteiger partial charge in [-0.1, -0.05) is 0 Å². The molecule has 6 heteroatoms. The Morgan fingerprint density at radius 2 is 2.13 bits per heavy atom. The minimum atomic E-state index is -0.700. The van der Waals surface area contributed by atoms with Crippen LogP contribution >= 0.6 is 0 Å². The number of anilines is 2. The van der Waals surface area contributed by atoms with E-state index in [1.807, 2.05) is 36.5 Å². The summed E-state index contributed by atoms with van der Waals surface area (Å²) in [6.45, 7) is 4.25. The van der Waals surface area contributed by atoms with E-state index >= 15 is 0 Å². The van der Waals surface area contributed by atoms with E-state index in [9.17, 15) is 5.11 Å². The third kappa shape index (κ3) is 3.60. The molecule has 0 saturated carbocycles. The van der Waals surface area contributed by atoms with Crippen LogP contribution in [0.15, 0.2) is 42.7 Å². The molecule has 23 heavy (non-hydrogen) atoms. The summed E-state index contributed by atoms with van der Waals surface area (Å²) in [5.74, 6) is 0.459. The molecule has 6 nitrogen and oxygen atoms in total. The van der Waals surface area contributed by atoms with Gasteiger partial charge in [0.2, 0.25) is 0 Å². The first-order chi connectivity index (χ1) is 10.9. The van der Waals surface area contributed by atoms with Crippen molar-refractivity contribution in [3.8, 4) is 5.69 Å². The van der Waals surface area contributed by atoms with E-state index in [1.165, 1.54) is 0 Å². The van der Waals surface area contributed by atoms with Crippen molar-refractivity contribution >= 4 is 22.4 Å². The maximum atomic E-state index is 9.82. The predicted molar refractivity (Wildman–Crippen MR) is 92.7 cm³/mol. The molecule has 0 fully saturated rings. The van der Waals surface area contributed by atoms with Gasteiger partial charge in [-0.2, -0.15) is 5.10 Å². The summed E-state index contributed by atoms with van der Waals surface area (Å²) in [5.41, 5.74) is 7.89. The van der Waals surface area contributed by atoms with E-state index < -0.39 is 5.60 Å². The van der Waals surface area contributed by atoms with Crippen molar-refractivity contribution in [2.45, 2.75) is 25.9 Å². The molecular formula is C17H21N5O. The maximum absolute atomic E-state index is 9.82. The Bertz CT molecular complexity index is 806. The number of rotatable bonds is 5. The topological polar surface area (TPSA) is 89.0 Å². The Hall–Kier alpha value is -2.60. The molecule has 2 heterocycles. The van der Waals surface area contributed by atoms with Gasteiger partial charge in [-0.05, 0) is 44.5 Å². The molecule has 0 amide bonds. The number of fused-ring (bicyclic) bond motifs is 1. The third-order valence-corrected chi connectivity index (χ3v) is 3.63. The number of hydrogen-bond donors (Lipinski definition) is 3. The average molecular weight is 311 g/mol. The number of nitrogens with one attached hydrogen (secondary N) is 1. The molecule has 0 atom stereocenters. The van der Waals surface area contributed by atoms with Crippen LogP contribution in [-0.2, 0) is 0 Å². The lowest BCUT2D eigenvalue weighted by Gasteiger charge is -2.18. The van der Waals surface area contributed by atoms with Gasteiger partial charge in [-0.15, -0.1) is 0 Å². The average Bonchev–Trinajstić information content (AvgIpc) is 2.99. The minimum Gasteiger partial charge on any atom is -0.390 e. The highest BCUT2D eigenvalue weighted by Gasteiger charge is 2.12. The lowest BCUT2D eigenvalue weighted by atomic mass is 10.1. The van der Waals surface area contributed by atoms with Gasteiger partial charge in [-0.3, -0.25) is 0 Å². The van der Waals surface area contributed by atoms with Crippen LogP contribution in [0, 0.1) is 0 Å². The standard InChI is InChI=1S/C17H21N5O/c1-17(2,23)6-8-19-14-11-16(18)21-15-10-12(4-5-13(14)15)22-9-3-7-20-22/h3-5,7,9-11,23H,6,8H2,1-2H3,(H3,18,19,21). The number of aliphatic hydroxyl groups is 1. The van der Waals surface area contributed by atoms with Gasteiger partial charge in [0.05, 0.1) is 16.8 Å². The van der Waals surface area contributed by atoms with Crippen molar-refractivity contribution in [2.75, 3.05) is 17.6 Å². The first-order valence-corrected chi connectivity index (χ1v) is 7.59. The van der Waals surface area contributed by atoms with E-state index in [0.29, 0.717) is 18.8 Å². The Balaban J connectivity index is 1.93. The second-order valence-electron chi connectivity index (χ2n) is 6.24. The molecule has 0 radical (unpaired) electrons. The van der Waals surface area contributed by atoms with Gasteiger partial charge in [-0.25, -0.2) is 9.67 Å². The zero-order chi connectivity index (χ0) is 16.4. The van der Waals surface area contributed by atoms with Crippen molar-refractivity contribution in [3.05, 3.63) is 42.7 Å². The third-order valence-electron chi connectivity index (χ3n) is 3.63. The van der Waals surface area contributed by atoms with Crippen LogP contribution in [0.1, 0.15) is 20.3 Å². The summed E-state index contributed by atoms with van der Waals surface area (Å²) in [6, 6.07) is 9.65. The number of nitrogen functional groups attached to an aromatic ring is 1. The van der Waals surface area contributed by atoms with Crippen LogP contribution in [-0.4, -0.2) is 32.0 Å². The summed E-state index contributed by atoms with van der Waals surface area (Å²) in [6.07, 6.45) is 4.26. The van der Waals surface area contributed by atoms with Crippen LogP contribution in [0.2, 0.25) is 0 Å². The molecule has 0 spiro atoms. The number of nitrogens with zero attached hydrogens (tertiary/aromatic N) is 3. The predicted octanol–water partition coefficient (Wildman–Crippen LogP) is 2.58. The fraction of sp³-hybridized carbons (Fsp3) is 0.294. The van der Waals surface area contributed by atoms with Gasteiger partial charge in [0, 0.05) is 36.1 Å². The van der Waals surface area contributed by atoms with E-state index in [-0.39, 0.29) is 0 Å². The lowest BCUT2D eigenvalue weighted by molar-refractivity contribution is 0.0749. The first-order valence-electron chi connectivity index (χ1n) is 7.59. The van der Waals surface area contributed by atoms with Gasteiger partial charge in [0.25, 0.3) is 0 Å².